The third-order valence-electron chi connectivity index (χ3n) is 3.58. The summed E-state index contributed by atoms with van der Waals surface area (Å²) in [6.07, 6.45) is -2.51. The number of rotatable bonds is 4. The van der Waals surface area contributed by atoms with Gasteiger partial charge in [0.15, 0.2) is 18.1 Å². The third kappa shape index (κ3) is 3.08. The van der Waals surface area contributed by atoms with Gasteiger partial charge in [-0.1, -0.05) is 0 Å². The first-order valence-electron chi connectivity index (χ1n) is 6.57. The molecule has 0 aromatic carbocycles. The van der Waals surface area contributed by atoms with Crippen LogP contribution in [0.3, 0.4) is 0 Å². The zero-order valence-electron chi connectivity index (χ0n) is 12.0. The summed E-state index contributed by atoms with van der Waals surface area (Å²) in [6.45, 7) is 0.145. The van der Waals surface area contributed by atoms with Crippen LogP contribution in [-0.4, -0.2) is 50.3 Å². The largest absolute Gasteiger partial charge is 0.478 e. The molecule has 4 unspecified atom stereocenters. The Balaban J connectivity index is 2.46. The summed E-state index contributed by atoms with van der Waals surface area (Å²) < 4.78 is 34.3. The molecule has 0 spiro atoms. The minimum atomic E-state index is -2.50. The Hall–Kier alpha value is -2.33. The molecule has 0 saturated carbocycles. The Kier molecular flexibility index (Phi) is 4.48. The number of aromatic nitrogens is 2. The number of nitrogen functional groups attached to an aromatic ring is 1. The van der Waals surface area contributed by atoms with Gasteiger partial charge in [-0.15, -0.1) is 0 Å². The normalized spacial score (nSPS) is 30.9. The first-order valence-corrected chi connectivity index (χ1v) is 6.57. The predicted molar refractivity (Wildman–Crippen MR) is 75.0 cm³/mol. The monoisotopic (exact) mass is 331 g/mol. The van der Waals surface area contributed by atoms with Gasteiger partial charge >= 0.3 is 11.7 Å². The Morgan fingerprint density at radius 3 is 2.83 bits per heavy atom. The number of aliphatic hydroxyl groups is 1. The zero-order valence-corrected chi connectivity index (χ0v) is 12.0. The van der Waals surface area contributed by atoms with E-state index in [1.165, 1.54) is 0 Å². The molecule has 126 valence electrons. The highest BCUT2D eigenvalue weighted by molar-refractivity contribution is 5.86. The summed E-state index contributed by atoms with van der Waals surface area (Å²) in [5, 5.41) is 17.7. The van der Waals surface area contributed by atoms with E-state index in [2.05, 4.69) is 4.98 Å². The second-order valence-corrected chi connectivity index (χ2v) is 5.19. The fourth-order valence-electron chi connectivity index (χ4n) is 2.22. The van der Waals surface area contributed by atoms with E-state index in [9.17, 15) is 18.4 Å². The van der Waals surface area contributed by atoms with E-state index in [1.54, 1.807) is 0 Å². The molecule has 10 heteroatoms. The standard InChI is InChI=1S/C13H15F2N3O5/c1-13(15)7(5-19)23-11(9(13)14)18-4-6(2-3-8(20)21)10(16)17-12(18)22/h2-4,7,9,11,19H,5H2,1H3,(H,20,21)(H2,16,17,22)/b3-2+. The molecule has 0 radical (unpaired) electrons. The van der Waals surface area contributed by atoms with Crippen LogP contribution in [0, 0.1) is 0 Å². The van der Waals surface area contributed by atoms with Crippen LogP contribution >= 0.6 is 0 Å². The summed E-state index contributed by atoms with van der Waals surface area (Å²) in [4.78, 5) is 25.8. The van der Waals surface area contributed by atoms with Crippen LogP contribution in [-0.2, 0) is 9.53 Å². The first-order chi connectivity index (χ1) is 10.7. The van der Waals surface area contributed by atoms with Gasteiger partial charge in [-0.3, -0.25) is 4.57 Å². The Morgan fingerprint density at radius 1 is 1.65 bits per heavy atom. The molecule has 1 aliphatic heterocycles. The fourth-order valence-corrected chi connectivity index (χ4v) is 2.22. The van der Waals surface area contributed by atoms with E-state index in [4.69, 9.17) is 20.7 Å². The molecule has 2 rings (SSSR count). The second kappa shape index (κ2) is 6.05. The number of carbonyl (C=O) groups is 1. The van der Waals surface area contributed by atoms with Gasteiger partial charge < -0.3 is 20.7 Å². The number of nitrogens with zero attached hydrogens (tertiary/aromatic N) is 2. The van der Waals surface area contributed by atoms with Crippen molar-refractivity contribution in [2.75, 3.05) is 12.3 Å². The van der Waals surface area contributed by atoms with Gasteiger partial charge in [-0.25, -0.2) is 18.4 Å². The highest BCUT2D eigenvalue weighted by Gasteiger charge is 2.56. The quantitative estimate of drug-likeness (QED) is 0.656. The highest BCUT2D eigenvalue weighted by Crippen LogP contribution is 2.41. The summed E-state index contributed by atoms with van der Waals surface area (Å²) in [7, 11) is 0. The van der Waals surface area contributed by atoms with Gasteiger partial charge in [0.1, 0.15) is 11.9 Å². The predicted octanol–water partition coefficient (Wildman–Crippen LogP) is -0.121. The van der Waals surface area contributed by atoms with Gasteiger partial charge in [-0.05, 0) is 13.0 Å². The van der Waals surface area contributed by atoms with Crippen LogP contribution in [0.25, 0.3) is 6.08 Å². The number of aliphatic hydroxyl groups excluding tert-OH is 1. The maximum Gasteiger partial charge on any atom is 0.351 e. The van der Waals surface area contributed by atoms with Crippen molar-refractivity contribution in [3.05, 3.63) is 28.3 Å². The Bertz CT molecular complexity index is 703. The number of nitrogens with two attached hydrogens (primary N) is 1. The average Bonchev–Trinajstić information content (AvgIpc) is 2.69. The minimum Gasteiger partial charge on any atom is -0.478 e. The summed E-state index contributed by atoms with van der Waals surface area (Å²) >= 11 is 0. The molecule has 0 amide bonds. The average molecular weight is 331 g/mol. The van der Waals surface area contributed by atoms with E-state index >= 15 is 0 Å². The van der Waals surface area contributed by atoms with Crippen molar-refractivity contribution in [1.82, 2.24) is 9.55 Å². The summed E-state index contributed by atoms with van der Waals surface area (Å²) in [6, 6.07) is 0. The van der Waals surface area contributed by atoms with E-state index in [0.29, 0.717) is 4.57 Å². The van der Waals surface area contributed by atoms with Crippen LogP contribution in [0.15, 0.2) is 17.1 Å². The molecule has 1 fully saturated rings. The van der Waals surface area contributed by atoms with E-state index in [-0.39, 0.29) is 11.4 Å². The molecule has 0 bridgehead atoms. The first kappa shape index (κ1) is 17.0. The van der Waals surface area contributed by atoms with Gasteiger partial charge in [0.05, 0.1) is 6.61 Å². The second-order valence-electron chi connectivity index (χ2n) is 5.19. The molecule has 1 aromatic heterocycles. The molecular weight excluding hydrogens is 316 g/mol. The van der Waals surface area contributed by atoms with Crippen molar-refractivity contribution in [3.63, 3.8) is 0 Å². The van der Waals surface area contributed by atoms with Crippen molar-refractivity contribution in [2.45, 2.75) is 31.1 Å². The van der Waals surface area contributed by atoms with E-state index in [0.717, 1.165) is 25.3 Å². The maximum absolute atomic E-state index is 14.3. The number of halogens is 2. The van der Waals surface area contributed by atoms with Crippen LogP contribution in [0.2, 0.25) is 0 Å². The number of alkyl halides is 2. The smallest absolute Gasteiger partial charge is 0.351 e. The van der Waals surface area contributed by atoms with Crippen LogP contribution in [0.4, 0.5) is 14.6 Å². The molecule has 23 heavy (non-hydrogen) atoms. The SMILES string of the molecule is CC1(F)C(CO)OC(n2cc(/C=C/C(=O)O)c(N)nc2=O)C1F. The number of hydrogen-bond acceptors (Lipinski definition) is 6. The Labute approximate surface area is 128 Å². The van der Waals surface area contributed by atoms with Gasteiger partial charge in [0.2, 0.25) is 0 Å². The highest BCUT2D eigenvalue weighted by atomic mass is 19.2. The molecule has 1 saturated heterocycles. The molecule has 8 nitrogen and oxygen atoms in total. The van der Waals surface area contributed by atoms with Crippen molar-refractivity contribution < 1.29 is 28.5 Å². The lowest BCUT2D eigenvalue weighted by Gasteiger charge is -2.20. The van der Waals surface area contributed by atoms with Crippen molar-refractivity contribution in [1.29, 1.82) is 0 Å². The molecule has 0 aliphatic carbocycles. The van der Waals surface area contributed by atoms with E-state index < -0.39 is 42.4 Å². The lowest BCUT2D eigenvalue weighted by Crippen LogP contribution is -2.40. The van der Waals surface area contributed by atoms with Crippen molar-refractivity contribution in [2.24, 2.45) is 0 Å². The topological polar surface area (TPSA) is 128 Å². The molecular formula is C13H15F2N3O5. The number of carboxylic acid groups (broad SMARTS) is 1. The Morgan fingerprint density at radius 2 is 2.30 bits per heavy atom. The lowest BCUT2D eigenvalue weighted by atomic mass is 9.98. The minimum absolute atomic E-state index is 0.0239. The summed E-state index contributed by atoms with van der Waals surface area (Å²) in [5.41, 5.74) is 2.03. The number of hydrogen-bond donors (Lipinski definition) is 3. The molecule has 1 aliphatic rings. The fraction of sp³-hybridized carbons (Fsp3) is 0.462. The van der Waals surface area contributed by atoms with Crippen molar-refractivity contribution in [3.8, 4) is 0 Å². The van der Waals surface area contributed by atoms with Gasteiger partial charge in [0, 0.05) is 17.8 Å². The zero-order chi connectivity index (χ0) is 17.4. The maximum atomic E-state index is 14.3. The molecule has 4 N–H and O–H groups in total. The van der Waals surface area contributed by atoms with Crippen molar-refractivity contribution >= 4 is 17.9 Å². The number of aliphatic carboxylic acids is 1. The van der Waals surface area contributed by atoms with Gasteiger partial charge in [-0.2, -0.15) is 4.98 Å². The number of ether oxygens (including phenoxy) is 1. The molecule has 1 aromatic rings. The number of carboxylic acids is 1. The lowest BCUT2D eigenvalue weighted by molar-refractivity contribution is -0.131. The van der Waals surface area contributed by atoms with Crippen LogP contribution < -0.4 is 11.4 Å². The van der Waals surface area contributed by atoms with Crippen LogP contribution in [0.1, 0.15) is 18.7 Å². The third-order valence-corrected chi connectivity index (χ3v) is 3.58. The van der Waals surface area contributed by atoms with Gasteiger partial charge in [0.25, 0.3) is 0 Å². The van der Waals surface area contributed by atoms with Crippen LogP contribution in [0.5, 0.6) is 0 Å². The number of anilines is 1. The van der Waals surface area contributed by atoms with E-state index in [1.807, 2.05) is 0 Å². The summed E-state index contributed by atoms with van der Waals surface area (Å²) in [5.74, 6) is -1.53. The molecule has 2 heterocycles. The molecule has 4 atom stereocenters.